The van der Waals surface area contributed by atoms with Crippen LogP contribution in [0.4, 0.5) is 5.69 Å². The van der Waals surface area contributed by atoms with Crippen molar-refractivity contribution in [2.24, 2.45) is 0 Å². The van der Waals surface area contributed by atoms with Gasteiger partial charge in [-0.2, -0.15) is 0 Å². The van der Waals surface area contributed by atoms with Crippen LogP contribution < -0.4 is 4.90 Å². The molecule has 0 aliphatic carbocycles. The van der Waals surface area contributed by atoms with E-state index in [-0.39, 0.29) is 19.2 Å². The molecule has 0 atom stereocenters. The lowest BCUT2D eigenvalue weighted by Crippen LogP contribution is -2.13. The lowest BCUT2D eigenvalue weighted by Gasteiger charge is -2.11. The number of carboxylic acid groups (broad SMARTS) is 1. The molecule has 0 amide bonds. The molecule has 1 aliphatic heterocycles. The van der Waals surface area contributed by atoms with E-state index >= 15 is 0 Å². The molecule has 0 aromatic heterocycles. The Bertz CT molecular complexity index is 620. The van der Waals surface area contributed by atoms with E-state index in [0.29, 0.717) is 0 Å². The normalized spacial score (nSPS) is 13.6. The molecule has 1 N–H and O–H groups in total. The molecule has 1 saturated heterocycles. The summed E-state index contributed by atoms with van der Waals surface area (Å²) < 4.78 is 10.0. The minimum Gasteiger partial charge on any atom is -0.477 e. The van der Waals surface area contributed by atoms with Gasteiger partial charge >= 0.3 is 5.97 Å². The highest BCUT2D eigenvalue weighted by atomic mass is 16.7. The first-order chi connectivity index (χ1) is 10.5. The molecule has 0 radical (unpaired) electrons. The van der Waals surface area contributed by atoms with E-state index < -0.39 is 17.3 Å². The number of carbonyl (C=O) groups excluding carboxylic acids is 1. The maximum Gasteiger partial charge on any atom is 0.347 e. The van der Waals surface area contributed by atoms with Gasteiger partial charge in [0.2, 0.25) is 0 Å². The van der Waals surface area contributed by atoms with Gasteiger partial charge in [0.05, 0.1) is 0 Å². The van der Waals surface area contributed by atoms with Crippen LogP contribution in [-0.4, -0.2) is 44.2 Å². The Morgan fingerprint density at radius 3 is 2.23 bits per heavy atom. The van der Waals surface area contributed by atoms with Crippen molar-refractivity contribution < 1.29 is 24.2 Å². The average molecular weight is 303 g/mol. The smallest absolute Gasteiger partial charge is 0.347 e. The average Bonchev–Trinajstić information content (AvgIpc) is 2.99. The molecular formula is C16H17NO5. The van der Waals surface area contributed by atoms with Crippen molar-refractivity contribution in [3.05, 3.63) is 47.4 Å². The topological polar surface area (TPSA) is 76.1 Å². The molecule has 2 rings (SSSR count). The van der Waals surface area contributed by atoms with Crippen molar-refractivity contribution in [1.82, 2.24) is 0 Å². The Balaban J connectivity index is 2.16. The fourth-order valence-electron chi connectivity index (χ4n) is 1.89. The van der Waals surface area contributed by atoms with Crippen LogP contribution in [0, 0.1) is 0 Å². The summed E-state index contributed by atoms with van der Waals surface area (Å²) in [7, 11) is 3.86. The molecule has 0 spiro atoms. The number of hydrogen-bond donors (Lipinski definition) is 1. The first kappa shape index (κ1) is 15.6. The Labute approximate surface area is 128 Å². The third-order valence-corrected chi connectivity index (χ3v) is 3.05. The summed E-state index contributed by atoms with van der Waals surface area (Å²) in [6, 6.07) is 7.50. The molecular weight excluding hydrogens is 286 g/mol. The van der Waals surface area contributed by atoms with E-state index in [4.69, 9.17) is 14.6 Å². The molecule has 1 heterocycles. The van der Waals surface area contributed by atoms with Crippen LogP contribution in [0.25, 0.3) is 6.08 Å². The summed E-state index contributed by atoms with van der Waals surface area (Å²) in [5.41, 5.74) is 1.34. The number of rotatable bonds is 5. The van der Waals surface area contributed by atoms with Crippen molar-refractivity contribution in [2.75, 3.05) is 32.2 Å². The minimum atomic E-state index is -1.37. The maximum absolute atomic E-state index is 12.0. The van der Waals surface area contributed by atoms with Gasteiger partial charge in [-0.1, -0.05) is 18.2 Å². The Morgan fingerprint density at radius 1 is 1.14 bits per heavy atom. The van der Waals surface area contributed by atoms with Gasteiger partial charge in [0, 0.05) is 19.8 Å². The molecule has 22 heavy (non-hydrogen) atoms. The Hall–Kier alpha value is -2.76. The monoisotopic (exact) mass is 303 g/mol. The van der Waals surface area contributed by atoms with Crippen LogP contribution in [-0.2, 0) is 19.1 Å². The fourth-order valence-corrected chi connectivity index (χ4v) is 1.89. The summed E-state index contributed by atoms with van der Waals surface area (Å²) in [5, 5.41) is 9.12. The van der Waals surface area contributed by atoms with Gasteiger partial charge < -0.3 is 19.5 Å². The third kappa shape index (κ3) is 3.66. The number of carboxylic acids is 1. The standard InChI is InChI=1S/C16H17NO5/c1-17(2)12-6-3-11(4-7-12)5-8-13(18)14(15(19)20)16-21-9-10-22-16/h3-8H,9-10H2,1-2H3,(H,19,20)/b8-5+. The second kappa shape index (κ2) is 6.80. The number of nitrogens with zero attached hydrogens (tertiary/aromatic N) is 1. The second-order valence-electron chi connectivity index (χ2n) is 4.85. The molecule has 0 saturated carbocycles. The first-order valence-corrected chi connectivity index (χ1v) is 6.72. The van der Waals surface area contributed by atoms with Crippen molar-refractivity contribution in [1.29, 1.82) is 0 Å². The largest absolute Gasteiger partial charge is 0.477 e. The zero-order valence-electron chi connectivity index (χ0n) is 12.4. The van der Waals surface area contributed by atoms with Crippen LogP contribution in [0.15, 0.2) is 41.9 Å². The molecule has 6 heteroatoms. The number of carbonyl (C=O) groups is 2. The number of allylic oxidation sites excluding steroid dienone is 1. The SMILES string of the molecule is CN(C)c1ccc(/C=C/C(=O)C(C(=O)O)=C2OCCO2)cc1. The van der Waals surface area contributed by atoms with Crippen molar-refractivity contribution in [3.63, 3.8) is 0 Å². The second-order valence-corrected chi connectivity index (χ2v) is 4.85. The van der Waals surface area contributed by atoms with E-state index in [0.717, 1.165) is 11.3 Å². The van der Waals surface area contributed by atoms with Crippen LogP contribution in [0.3, 0.4) is 0 Å². The zero-order valence-corrected chi connectivity index (χ0v) is 12.4. The predicted octanol–water partition coefficient (Wildman–Crippen LogP) is 1.68. The van der Waals surface area contributed by atoms with E-state index in [1.54, 1.807) is 6.08 Å². The molecule has 1 aromatic rings. The van der Waals surface area contributed by atoms with Gasteiger partial charge in [0.1, 0.15) is 13.2 Å². The summed E-state index contributed by atoms with van der Waals surface area (Å²) in [5.74, 6) is -2.25. The minimum absolute atomic E-state index is 0.217. The number of benzene rings is 1. The van der Waals surface area contributed by atoms with Crippen molar-refractivity contribution in [2.45, 2.75) is 0 Å². The lowest BCUT2D eigenvalue weighted by molar-refractivity contribution is -0.134. The highest BCUT2D eigenvalue weighted by Gasteiger charge is 2.26. The van der Waals surface area contributed by atoms with Gasteiger partial charge in [-0.3, -0.25) is 4.79 Å². The van der Waals surface area contributed by atoms with Crippen LogP contribution in [0.1, 0.15) is 5.56 Å². The van der Waals surface area contributed by atoms with E-state index in [1.807, 2.05) is 43.3 Å². The number of hydrogen-bond acceptors (Lipinski definition) is 5. The summed E-state index contributed by atoms with van der Waals surface area (Å²) in [6.07, 6.45) is 2.76. The van der Waals surface area contributed by atoms with E-state index in [2.05, 4.69) is 0 Å². The number of aliphatic carboxylic acids is 1. The first-order valence-electron chi connectivity index (χ1n) is 6.72. The lowest BCUT2D eigenvalue weighted by atomic mass is 10.1. The quantitative estimate of drug-likeness (QED) is 0.507. The van der Waals surface area contributed by atoms with Gasteiger partial charge in [-0.05, 0) is 23.8 Å². The van der Waals surface area contributed by atoms with Crippen LogP contribution in [0.2, 0.25) is 0 Å². The number of ether oxygens (including phenoxy) is 2. The summed E-state index contributed by atoms with van der Waals surface area (Å²) in [6.45, 7) is 0.490. The molecule has 0 bridgehead atoms. The zero-order chi connectivity index (χ0) is 16.1. The molecule has 6 nitrogen and oxygen atoms in total. The third-order valence-electron chi connectivity index (χ3n) is 3.05. The van der Waals surface area contributed by atoms with Gasteiger partial charge in [-0.15, -0.1) is 0 Å². The Kier molecular flexibility index (Phi) is 4.83. The molecule has 0 unspecified atom stereocenters. The maximum atomic E-state index is 12.0. The predicted molar refractivity (Wildman–Crippen MR) is 81.4 cm³/mol. The summed E-state index contributed by atoms with van der Waals surface area (Å²) >= 11 is 0. The molecule has 1 aliphatic rings. The summed E-state index contributed by atoms with van der Waals surface area (Å²) in [4.78, 5) is 25.2. The highest BCUT2D eigenvalue weighted by molar-refractivity contribution is 6.22. The van der Waals surface area contributed by atoms with Crippen molar-refractivity contribution >= 4 is 23.5 Å². The highest BCUT2D eigenvalue weighted by Crippen LogP contribution is 2.17. The van der Waals surface area contributed by atoms with Gasteiger partial charge in [0.15, 0.2) is 11.4 Å². The fraction of sp³-hybridized carbons (Fsp3) is 0.250. The van der Waals surface area contributed by atoms with Gasteiger partial charge in [0.25, 0.3) is 5.95 Å². The van der Waals surface area contributed by atoms with E-state index in [9.17, 15) is 9.59 Å². The molecule has 1 aromatic carbocycles. The number of ketones is 1. The van der Waals surface area contributed by atoms with Crippen LogP contribution in [0.5, 0.6) is 0 Å². The number of anilines is 1. The molecule has 116 valence electrons. The van der Waals surface area contributed by atoms with Gasteiger partial charge in [-0.25, -0.2) is 4.79 Å². The van der Waals surface area contributed by atoms with Crippen LogP contribution >= 0.6 is 0 Å². The van der Waals surface area contributed by atoms with Crippen molar-refractivity contribution in [3.8, 4) is 0 Å². The van der Waals surface area contributed by atoms with E-state index in [1.165, 1.54) is 6.08 Å². The molecule has 1 fully saturated rings. The Morgan fingerprint density at radius 2 is 1.73 bits per heavy atom.